The molecule has 2 amide bonds. The van der Waals surface area contributed by atoms with Crippen LogP contribution in [0.4, 0.5) is 0 Å². The number of hydrogen-bond acceptors (Lipinski definition) is 6. The van der Waals surface area contributed by atoms with E-state index in [1.807, 2.05) is 6.07 Å². The van der Waals surface area contributed by atoms with Gasteiger partial charge in [0.2, 0.25) is 0 Å². The Morgan fingerprint density at radius 1 is 0.886 bits per heavy atom. The lowest BCUT2D eigenvalue weighted by Gasteiger charge is -2.31. The predicted octanol–water partition coefficient (Wildman–Crippen LogP) is 4.57. The van der Waals surface area contributed by atoms with Crippen LogP contribution in [0.1, 0.15) is 57.4 Å². The number of ether oxygens (including phenoxy) is 2. The molecule has 0 N–H and O–H groups in total. The molecule has 0 fully saturated rings. The molecule has 7 nitrogen and oxygen atoms in total. The zero-order valence-electron chi connectivity index (χ0n) is 19.8. The Labute approximate surface area is 202 Å². The summed E-state index contributed by atoms with van der Waals surface area (Å²) in [6.45, 7) is 8.61. The van der Waals surface area contributed by atoms with E-state index in [1.165, 1.54) is 4.90 Å². The highest BCUT2D eigenvalue weighted by Gasteiger charge is 2.36. The van der Waals surface area contributed by atoms with E-state index in [1.54, 1.807) is 69.3 Å². The van der Waals surface area contributed by atoms with E-state index in [4.69, 9.17) is 9.47 Å². The highest BCUT2D eigenvalue weighted by molar-refractivity contribution is 6.29. The highest BCUT2D eigenvalue weighted by atomic mass is 16.6. The molecule has 4 rings (SSSR count). The van der Waals surface area contributed by atoms with Crippen LogP contribution in [-0.4, -0.2) is 47.7 Å². The number of benzene rings is 3. The van der Waals surface area contributed by atoms with Gasteiger partial charge < -0.3 is 9.47 Å². The molecule has 178 valence electrons. The van der Waals surface area contributed by atoms with E-state index in [0.29, 0.717) is 38.8 Å². The normalized spacial score (nSPS) is 12.7. The third-order valence-corrected chi connectivity index (χ3v) is 5.74. The summed E-state index contributed by atoms with van der Waals surface area (Å²) >= 11 is 0. The number of carbonyl (C=O) groups excluding carboxylic acids is 4. The van der Waals surface area contributed by atoms with Crippen LogP contribution in [0, 0.1) is 0 Å². The van der Waals surface area contributed by atoms with Crippen molar-refractivity contribution in [3.8, 4) is 5.75 Å². The SMILES string of the molecule is C=C(C)C(=O)OCCOc1ccc2c3c(ccc(C(=O)c4ccccc4)c13)C(=O)N(C(C)C)C2=O. The molecule has 0 unspecified atom stereocenters. The summed E-state index contributed by atoms with van der Waals surface area (Å²) in [5.41, 5.74) is 1.70. The molecule has 0 aliphatic carbocycles. The van der Waals surface area contributed by atoms with E-state index in [-0.39, 0.29) is 30.6 Å². The summed E-state index contributed by atoms with van der Waals surface area (Å²) in [5, 5.41) is 0.764. The number of imide groups is 1. The molecule has 0 spiro atoms. The lowest BCUT2D eigenvalue weighted by Crippen LogP contribution is -2.44. The van der Waals surface area contributed by atoms with Crippen molar-refractivity contribution in [2.75, 3.05) is 13.2 Å². The molecule has 1 heterocycles. The van der Waals surface area contributed by atoms with Crippen LogP contribution in [0.2, 0.25) is 0 Å². The summed E-state index contributed by atoms with van der Waals surface area (Å²) in [4.78, 5) is 52.8. The summed E-state index contributed by atoms with van der Waals surface area (Å²) in [6.07, 6.45) is 0. The molecule has 0 bridgehead atoms. The smallest absolute Gasteiger partial charge is 0.333 e. The summed E-state index contributed by atoms with van der Waals surface area (Å²) in [7, 11) is 0. The number of rotatable bonds is 8. The van der Waals surface area contributed by atoms with Gasteiger partial charge in [0.05, 0.1) is 0 Å². The highest BCUT2D eigenvalue weighted by Crippen LogP contribution is 2.39. The molecule has 0 aromatic heterocycles. The number of hydrogen-bond donors (Lipinski definition) is 0. The van der Waals surface area contributed by atoms with E-state index in [9.17, 15) is 19.2 Å². The van der Waals surface area contributed by atoms with Crippen LogP contribution < -0.4 is 4.74 Å². The van der Waals surface area contributed by atoms with E-state index in [0.717, 1.165) is 0 Å². The second kappa shape index (κ2) is 9.54. The second-order valence-corrected chi connectivity index (χ2v) is 8.56. The van der Waals surface area contributed by atoms with E-state index < -0.39 is 17.8 Å². The van der Waals surface area contributed by atoms with Crippen molar-refractivity contribution in [1.82, 2.24) is 4.90 Å². The minimum absolute atomic E-state index is 0.0106. The van der Waals surface area contributed by atoms with Crippen LogP contribution in [-0.2, 0) is 9.53 Å². The lowest BCUT2D eigenvalue weighted by molar-refractivity contribution is -0.139. The van der Waals surface area contributed by atoms with Gasteiger partial charge in [-0.1, -0.05) is 36.9 Å². The Kier molecular flexibility index (Phi) is 6.51. The van der Waals surface area contributed by atoms with Gasteiger partial charge in [-0.05, 0) is 45.0 Å². The zero-order chi connectivity index (χ0) is 25.3. The van der Waals surface area contributed by atoms with Crippen molar-refractivity contribution in [3.05, 3.63) is 89.0 Å². The summed E-state index contributed by atoms with van der Waals surface area (Å²) in [5.74, 6) is -1.33. The number of esters is 1. The van der Waals surface area contributed by atoms with Crippen molar-refractivity contribution < 1.29 is 28.7 Å². The predicted molar refractivity (Wildman–Crippen MR) is 131 cm³/mol. The Hall–Kier alpha value is -4.26. The molecule has 3 aromatic carbocycles. The van der Waals surface area contributed by atoms with Crippen molar-refractivity contribution in [2.24, 2.45) is 0 Å². The van der Waals surface area contributed by atoms with Gasteiger partial charge >= 0.3 is 5.97 Å². The zero-order valence-corrected chi connectivity index (χ0v) is 19.8. The minimum atomic E-state index is -0.532. The second-order valence-electron chi connectivity index (χ2n) is 8.56. The lowest BCUT2D eigenvalue weighted by atomic mass is 9.88. The quantitative estimate of drug-likeness (QED) is 0.157. The fourth-order valence-corrected chi connectivity index (χ4v) is 4.10. The molecule has 1 aliphatic rings. The standard InChI is InChI=1S/C28H25NO6/c1-16(2)28(33)35-15-14-34-22-13-12-21-23-20(26(31)29(17(3)4)27(21)32)11-10-19(24(22)23)25(30)18-8-6-5-7-9-18/h5-13,17H,1,14-15H2,2-4H3. The molecule has 0 atom stereocenters. The van der Waals surface area contributed by atoms with Gasteiger partial charge in [-0.3, -0.25) is 19.3 Å². The Morgan fingerprint density at radius 2 is 1.51 bits per heavy atom. The van der Waals surface area contributed by atoms with Crippen LogP contribution in [0.5, 0.6) is 5.75 Å². The van der Waals surface area contributed by atoms with Gasteiger partial charge in [0.1, 0.15) is 19.0 Å². The summed E-state index contributed by atoms with van der Waals surface area (Å²) in [6, 6.07) is 14.8. The van der Waals surface area contributed by atoms with Crippen molar-refractivity contribution in [2.45, 2.75) is 26.8 Å². The summed E-state index contributed by atoms with van der Waals surface area (Å²) < 4.78 is 11.0. The number of nitrogens with zero attached hydrogens (tertiary/aromatic N) is 1. The molecule has 35 heavy (non-hydrogen) atoms. The molecular formula is C28H25NO6. The Morgan fingerprint density at radius 3 is 2.11 bits per heavy atom. The fraction of sp³-hybridized carbons (Fsp3) is 0.214. The van der Waals surface area contributed by atoms with E-state index >= 15 is 0 Å². The Balaban J connectivity index is 1.84. The first kappa shape index (κ1) is 23.9. The van der Waals surface area contributed by atoms with Crippen LogP contribution >= 0.6 is 0 Å². The minimum Gasteiger partial charge on any atom is -0.489 e. The third-order valence-electron chi connectivity index (χ3n) is 5.74. The average Bonchev–Trinajstić information content (AvgIpc) is 2.84. The van der Waals surface area contributed by atoms with Gasteiger partial charge in [-0.2, -0.15) is 0 Å². The maximum atomic E-state index is 13.5. The van der Waals surface area contributed by atoms with Crippen LogP contribution in [0.3, 0.4) is 0 Å². The van der Waals surface area contributed by atoms with Gasteiger partial charge in [0.15, 0.2) is 5.78 Å². The van der Waals surface area contributed by atoms with Crippen LogP contribution in [0.15, 0.2) is 66.7 Å². The maximum absolute atomic E-state index is 13.5. The molecule has 0 saturated heterocycles. The average molecular weight is 472 g/mol. The number of carbonyl (C=O) groups is 4. The van der Waals surface area contributed by atoms with Gasteiger partial charge in [-0.15, -0.1) is 0 Å². The molecule has 1 aliphatic heterocycles. The maximum Gasteiger partial charge on any atom is 0.333 e. The van der Waals surface area contributed by atoms with Gasteiger partial charge in [-0.25, -0.2) is 4.79 Å². The molecule has 0 saturated carbocycles. The monoisotopic (exact) mass is 471 g/mol. The third kappa shape index (κ3) is 4.33. The molecule has 7 heteroatoms. The topological polar surface area (TPSA) is 90.0 Å². The van der Waals surface area contributed by atoms with Gasteiger partial charge in [0, 0.05) is 44.6 Å². The van der Waals surface area contributed by atoms with E-state index in [2.05, 4.69) is 6.58 Å². The Bertz CT molecular complexity index is 1350. The largest absolute Gasteiger partial charge is 0.489 e. The molecule has 0 radical (unpaired) electrons. The first-order valence-corrected chi connectivity index (χ1v) is 11.2. The number of amides is 2. The molecule has 3 aromatic rings. The van der Waals surface area contributed by atoms with Gasteiger partial charge in [0.25, 0.3) is 11.8 Å². The van der Waals surface area contributed by atoms with Crippen molar-refractivity contribution in [3.63, 3.8) is 0 Å². The van der Waals surface area contributed by atoms with Crippen molar-refractivity contribution in [1.29, 1.82) is 0 Å². The number of ketones is 1. The fourth-order valence-electron chi connectivity index (χ4n) is 4.10. The van der Waals surface area contributed by atoms with Crippen molar-refractivity contribution >= 4 is 34.3 Å². The van der Waals surface area contributed by atoms with Crippen LogP contribution in [0.25, 0.3) is 10.8 Å². The first-order valence-electron chi connectivity index (χ1n) is 11.2. The molecular weight excluding hydrogens is 446 g/mol. The first-order chi connectivity index (χ1) is 16.7.